The van der Waals surface area contributed by atoms with Crippen molar-refractivity contribution in [2.75, 3.05) is 39.3 Å². The minimum absolute atomic E-state index is 0. The van der Waals surface area contributed by atoms with Crippen LogP contribution in [0.5, 0.6) is 0 Å². The minimum atomic E-state index is -0.856. The molecule has 0 aromatic rings. The standard InChI is InChI=1S/C13H30N4O2.3ClH/c1-11(7-14)9-16-5-3-4-6-17(13(18)19)10-12(2)8-15;;;/h11-12,16H,3-10,14-15H2,1-2H3,(H,18,19);3*1H. The van der Waals surface area contributed by atoms with Gasteiger partial charge in [-0.2, -0.15) is 0 Å². The zero-order chi connectivity index (χ0) is 14.7. The third-order valence-electron chi connectivity index (χ3n) is 3.13. The van der Waals surface area contributed by atoms with Crippen molar-refractivity contribution in [3.8, 4) is 0 Å². The van der Waals surface area contributed by atoms with Gasteiger partial charge in [-0.25, -0.2) is 4.79 Å². The highest BCUT2D eigenvalue weighted by Crippen LogP contribution is 2.01. The largest absolute Gasteiger partial charge is 0.465 e. The van der Waals surface area contributed by atoms with Gasteiger partial charge in [-0.3, -0.25) is 0 Å². The van der Waals surface area contributed by atoms with Crippen molar-refractivity contribution in [1.29, 1.82) is 0 Å². The fourth-order valence-corrected chi connectivity index (χ4v) is 1.70. The summed E-state index contributed by atoms with van der Waals surface area (Å²) in [6, 6.07) is 0. The van der Waals surface area contributed by atoms with E-state index in [-0.39, 0.29) is 43.1 Å². The van der Waals surface area contributed by atoms with Crippen molar-refractivity contribution >= 4 is 43.3 Å². The summed E-state index contributed by atoms with van der Waals surface area (Å²) in [5, 5.41) is 12.4. The highest BCUT2D eigenvalue weighted by atomic mass is 35.5. The van der Waals surface area contributed by atoms with Crippen LogP contribution in [0.3, 0.4) is 0 Å². The number of nitrogens with two attached hydrogens (primary N) is 2. The van der Waals surface area contributed by atoms with Crippen molar-refractivity contribution in [1.82, 2.24) is 10.2 Å². The van der Waals surface area contributed by atoms with E-state index in [9.17, 15) is 4.79 Å². The van der Waals surface area contributed by atoms with Gasteiger partial charge in [-0.15, -0.1) is 37.2 Å². The van der Waals surface area contributed by atoms with E-state index in [0.717, 1.165) is 25.9 Å². The Morgan fingerprint density at radius 2 is 1.64 bits per heavy atom. The molecule has 0 radical (unpaired) electrons. The first-order valence-corrected chi connectivity index (χ1v) is 7.10. The molecule has 1 amide bonds. The van der Waals surface area contributed by atoms with Gasteiger partial charge in [-0.05, 0) is 50.9 Å². The Balaban J connectivity index is -0.000000540. The molecular weight excluding hydrogens is 351 g/mol. The average Bonchev–Trinajstić information content (AvgIpc) is 2.40. The fraction of sp³-hybridized carbons (Fsp3) is 0.923. The number of rotatable bonds is 11. The molecule has 6 N–H and O–H groups in total. The third-order valence-corrected chi connectivity index (χ3v) is 3.13. The highest BCUT2D eigenvalue weighted by molar-refractivity contribution is 5.86. The van der Waals surface area contributed by atoms with Crippen LogP contribution in [0.25, 0.3) is 0 Å². The van der Waals surface area contributed by atoms with Crippen LogP contribution in [0.15, 0.2) is 0 Å². The second kappa shape index (κ2) is 19.1. The molecule has 0 aromatic carbocycles. The number of hydrogen-bond acceptors (Lipinski definition) is 4. The van der Waals surface area contributed by atoms with E-state index in [1.165, 1.54) is 4.90 Å². The second-order valence-corrected chi connectivity index (χ2v) is 5.32. The molecule has 9 heteroatoms. The predicted molar refractivity (Wildman–Crippen MR) is 99.9 cm³/mol. The van der Waals surface area contributed by atoms with Crippen LogP contribution in [0.1, 0.15) is 26.7 Å². The molecule has 0 aliphatic carbocycles. The average molecular weight is 384 g/mol. The monoisotopic (exact) mass is 382 g/mol. The van der Waals surface area contributed by atoms with Crippen LogP contribution >= 0.6 is 37.2 Å². The maximum atomic E-state index is 11.1. The number of unbranched alkanes of at least 4 members (excludes halogenated alkanes) is 1. The number of halogens is 3. The molecule has 0 aliphatic rings. The Labute approximate surface area is 153 Å². The van der Waals surface area contributed by atoms with Gasteiger partial charge in [0.1, 0.15) is 0 Å². The van der Waals surface area contributed by atoms with E-state index in [1.807, 2.05) is 6.92 Å². The van der Waals surface area contributed by atoms with E-state index in [0.29, 0.717) is 32.1 Å². The van der Waals surface area contributed by atoms with Crippen LogP contribution in [0.4, 0.5) is 4.79 Å². The minimum Gasteiger partial charge on any atom is -0.465 e. The molecule has 2 unspecified atom stereocenters. The molecule has 0 saturated heterocycles. The van der Waals surface area contributed by atoms with Gasteiger partial charge in [0.25, 0.3) is 0 Å². The number of carbonyl (C=O) groups is 1. The van der Waals surface area contributed by atoms with E-state index in [4.69, 9.17) is 16.6 Å². The van der Waals surface area contributed by atoms with Crippen molar-refractivity contribution in [3.05, 3.63) is 0 Å². The van der Waals surface area contributed by atoms with Crippen molar-refractivity contribution in [3.63, 3.8) is 0 Å². The van der Waals surface area contributed by atoms with Gasteiger partial charge < -0.3 is 26.8 Å². The van der Waals surface area contributed by atoms with Crippen LogP contribution < -0.4 is 16.8 Å². The summed E-state index contributed by atoms with van der Waals surface area (Å²) in [6.07, 6.45) is 0.982. The molecule has 2 atom stereocenters. The summed E-state index contributed by atoms with van der Waals surface area (Å²) in [6.45, 7) is 8.20. The van der Waals surface area contributed by atoms with Gasteiger partial charge in [0.05, 0.1) is 0 Å². The molecule has 138 valence electrons. The Morgan fingerprint density at radius 1 is 1.09 bits per heavy atom. The third kappa shape index (κ3) is 16.4. The maximum Gasteiger partial charge on any atom is 0.407 e. The maximum absolute atomic E-state index is 11.1. The van der Waals surface area contributed by atoms with E-state index in [2.05, 4.69) is 12.2 Å². The van der Waals surface area contributed by atoms with Gasteiger partial charge in [0.15, 0.2) is 0 Å². The molecule has 0 bridgehead atoms. The first-order chi connectivity index (χ1) is 9.01. The highest BCUT2D eigenvalue weighted by Gasteiger charge is 2.13. The van der Waals surface area contributed by atoms with Gasteiger partial charge in [0, 0.05) is 13.1 Å². The lowest BCUT2D eigenvalue weighted by Crippen LogP contribution is -2.36. The van der Waals surface area contributed by atoms with Crippen molar-refractivity contribution < 1.29 is 9.90 Å². The Bertz CT molecular complexity index is 251. The van der Waals surface area contributed by atoms with E-state index >= 15 is 0 Å². The molecule has 6 nitrogen and oxygen atoms in total. The molecule has 0 fully saturated rings. The molecular formula is C13H33Cl3N4O2. The lowest BCUT2D eigenvalue weighted by atomic mass is 10.1. The van der Waals surface area contributed by atoms with Crippen LogP contribution in [-0.2, 0) is 0 Å². The Morgan fingerprint density at radius 3 is 2.09 bits per heavy atom. The number of nitrogens with zero attached hydrogens (tertiary/aromatic N) is 1. The summed E-state index contributed by atoms with van der Waals surface area (Å²) in [7, 11) is 0. The van der Waals surface area contributed by atoms with Crippen molar-refractivity contribution in [2.24, 2.45) is 23.3 Å². The zero-order valence-electron chi connectivity index (χ0n) is 13.5. The smallest absolute Gasteiger partial charge is 0.407 e. The first-order valence-electron chi connectivity index (χ1n) is 7.10. The van der Waals surface area contributed by atoms with Gasteiger partial charge in [-0.1, -0.05) is 13.8 Å². The molecule has 0 saturated carbocycles. The van der Waals surface area contributed by atoms with E-state index < -0.39 is 6.09 Å². The summed E-state index contributed by atoms with van der Waals surface area (Å²) < 4.78 is 0. The van der Waals surface area contributed by atoms with E-state index in [1.54, 1.807) is 0 Å². The summed E-state index contributed by atoms with van der Waals surface area (Å²) in [5.41, 5.74) is 11.0. The van der Waals surface area contributed by atoms with Crippen LogP contribution in [0, 0.1) is 11.8 Å². The topological polar surface area (TPSA) is 105 Å². The van der Waals surface area contributed by atoms with Crippen LogP contribution in [0.2, 0.25) is 0 Å². The zero-order valence-corrected chi connectivity index (χ0v) is 15.9. The Hall–Kier alpha value is 0.0200. The molecule has 0 spiro atoms. The SMILES string of the molecule is CC(CN)CNCCCCN(CC(C)CN)C(=O)O.Cl.Cl.Cl. The van der Waals surface area contributed by atoms with Crippen molar-refractivity contribution in [2.45, 2.75) is 26.7 Å². The number of hydrogen-bond donors (Lipinski definition) is 4. The number of carboxylic acid groups (broad SMARTS) is 1. The number of amides is 1. The lowest BCUT2D eigenvalue weighted by molar-refractivity contribution is 0.137. The number of nitrogens with one attached hydrogen (secondary N) is 1. The molecule has 0 heterocycles. The summed E-state index contributed by atoms with van der Waals surface area (Å²) >= 11 is 0. The molecule has 0 aromatic heterocycles. The molecule has 22 heavy (non-hydrogen) atoms. The van der Waals surface area contributed by atoms with Gasteiger partial charge in [0.2, 0.25) is 0 Å². The normalized spacial score (nSPS) is 12.2. The fourth-order valence-electron chi connectivity index (χ4n) is 1.70. The van der Waals surface area contributed by atoms with Gasteiger partial charge >= 0.3 is 6.09 Å². The molecule has 0 aliphatic heterocycles. The lowest BCUT2D eigenvalue weighted by Gasteiger charge is -2.22. The first kappa shape index (κ1) is 30.0. The predicted octanol–water partition coefficient (Wildman–Crippen LogP) is 1.79. The second-order valence-electron chi connectivity index (χ2n) is 5.32. The summed E-state index contributed by atoms with van der Waals surface area (Å²) in [5.74, 6) is 0.695. The summed E-state index contributed by atoms with van der Waals surface area (Å²) in [4.78, 5) is 12.5. The quantitative estimate of drug-likeness (QED) is 0.407. The molecule has 0 rings (SSSR count). The Kier molecular flexibility index (Phi) is 26.0. The van der Waals surface area contributed by atoms with Crippen LogP contribution in [-0.4, -0.2) is 55.4 Å².